The van der Waals surface area contributed by atoms with Gasteiger partial charge in [-0.15, -0.1) is 10.2 Å². The molecule has 1 atom stereocenters. The summed E-state index contributed by atoms with van der Waals surface area (Å²) < 4.78 is 34.0. The van der Waals surface area contributed by atoms with Crippen molar-refractivity contribution < 1.29 is 13.2 Å². The van der Waals surface area contributed by atoms with Gasteiger partial charge in [-0.1, -0.05) is 23.8 Å². The van der Waals surface area contributed by atoms with Gasteiger partial charge in [-0.05, 0) is 25.0 Å². The largest absolute Gasteiger partial charge is 0.417 e. The van der Waals surface area contributed by atoms with Gasteiger partial charge in [-0.2, -0.15) is 0 Å². The smallest absolute Gasteiger partial charge is 0.267 e. The molecule has 3 heterocycles. The monoisotopic (exact) mass is 371 g/mol. The average molecular weight is 371 g/mol. The van der Waals surface area contributed by atoms with E-state index in [4.69, 9.17) is 4.42 Å². The first-order valence-corrected chi connectivity index (χ1v) is 8.69. The minimum Gasteiger partial charge on any atom is -0.417 e. The van der Waals surface area contributed by atoms with E-state index >= 15 is 0 Å². The summed E-state index contributed by atoms with van der Waals surface area (Å²) in [6.07, 6.45) is 4.19. The molecule has 6 nitrogen and oxygen atoms in total. The first kappa shape index (κ1) is 17.7. The molecule has 27 heavy (non-hydrogen) atoms. The minimum atomic E-state index is -2.80. The fourth-order valence-corrected chi connectivity index (χ4v) is 3.42. The quantitative estimate of drug-likeness (QED) is 0.696. The Morgan fingerprint density at radius 1 is 1.22 bits per heavy atom. The summed E-state index contributed by atoms with van der Waals surface area (Å²) in [6, 6.07) is 5.39. The van der Waals surface area contributed by atoms with Gasteiger partial charge in [-0.3, -0.25) is 9.88 Å². The highest BCUT2D eigenvalue weighted by atomic mass is 19.3. The number of halogens is 2. The zero-order valence-corrected chi connectivity index (χ0v) is 15.1. The molecule has 0 aliphatic carbocycles. The van der Waals surface area contributed by atoms with E-state index in [0.717, 1.165) is 16.7 Å². The lowest BCUT2D eigenvalue weighted by atomic mass is 10.0. The number of likely N-dealkylation sites (tertiary alicyclic amines) is 1. The van der Waals surface area contributed by atoms with Crippen molar-refractivity contribution in [3.8, 4) is 11.6 Å². The van der Waals surface area contributed by atoms with Crippen molar-refractivity contribution in [2.45, 2.75) is 38.8 Å². The molecule has 0 amide bonds. The Labute approximate surface area is 155 Å². The second-order valence-corrected chi connectivity index (χ2v) is 6.95. The molecule has 3 aromatic rings. The molecule has 0 radical (unpaired) electrons. The van der Waals surface area contributed by atoms with Gasteiger partial charge >= 0.3 is 0 Å². The molecule has 0 spiro atoms. The molecule has 1 fully saturated rings. The van der Waals surface area contributed by atoms with Crippen LogP contribution in [0.1, 0.15) is 35.0 Å². The normalized spacial score (nSPS) is 19.5. The fraction of sp³-hybridized carbons (Fsp3) is 0.368. The number of aryl methyl sites for hydroxylation is 2. The Morgan fingerprint density at radius 3 is 2.81 bits per heavy atom. The standard InChI is InChI=1S/C19H19F2N5O/c1-12-3-4-14(13(2)7-12)10-26-11-19(20,21)8-16(26)18-25-24-17(27-18)15-9-22-5-6-23-15/h3-7,9,16H,8,10-11H2,1-2H3/t16-/m0/s1. The first-order chi connectivity index (χ1) is 12.9. The van der Waals surface area contributed by atoms with Gasteiger partial charge in [0.15, 0.2) is 0 Å². The lowest BCUT2D eigenvalue weighted by molar-refractivity contribution is 0.0112. The van der Waals surface area contributed by atoms with Crippen LogP contribution in [0.3, 0.4) is 0 Å². The molecule has 4 rings (SSSR count). The van der Waals surface area contributed by atoms with Crippen LogP contribution in [0.5, 0.6) is 0 Å². The van der Waals surface area contributed by atoms with Crippen molar-refractivity contribution in [1.29, 1.82) is 0 Å². The predicted molar refractivity (Wildman–Crippen MR) is 94.0 cm³/mol. The molecule has 1 aliphatic heterocycles. The number of nitrogens with zero attached hydrogens (tertiary/aromatic N) is 5. The van der Waals surface area contributed by atoms with Crippen LogP contribution in [0.25, 0.3) is 11.6 Å². The van der Waals surface area contributed by atoms with Gasteiger partial charge in [0.25, 0.3) is 11.8 Å². The number of aromatic nitrogens is 4. The first-order valence-electron chi connectivity index (χ1n) is 8.69. The topological polar surface area (TPSA) is 67.9 Å². The van der Waals surface area contributed by atoms with Gasteiger partial charge in [0.1, 0.15) is 5.69 Å². The van der Waals surface area contributed by atoms with Crippen LogP contribution < -0.4 is 0 Å². The SMILES string of the molecule is Cc1ccc(CN2CC(F)(F)C[C@H]2c2nnc(-c3cnccn3)o2)c(C)c1. The summed E-state index contributed by atoms with van der Waals surface area (Å²) in [6.45, 7) is 4.06. The van der Waals surface area contributed by atoms with E-state index in [2.05, 4.69) is 26.2 Å². The van der Waals surface area contributed by atoms with Gasteiger partial charge < -0.3 is 4.42 Å². The number of hydrogen-bond donors (Lipinski definition) is 0. The van der Waals surface area contributed by atoms with Crippen LogP contribution in [0.4, 0.5) is 8.78 Å². The Bertz CT molecular complexity index is 944. The van der Waals surface area contributed by atoms with E-state index < -0.39 is 12.0 Å². The number of rotatable bonds is 4. The van der Waals surface area contributed by atoms with Gasteiger partial charge in [0.2, 0.25) is 5.89 Å². The minimum absolute atomic E-state index is 0.178. The van der Waals surface area contributed by atoms with Gasteiger partial charge in [0.05, 0.1) is 18.8 Å². The van der Waals surface area contributed by atoms with Crippen molar-refractivity contribution >= 4 is 0 Å². The van der Waals surface area contributed by atoms with Crippen LogP contribution in [0.2, 0.25) is 0 Å². The van der Waals surface area contributed by atoms with E-state index in [0.29, 0.717) is 12.2 Å². The summed E-state index contributed by atoms with van der Waals surface area (Å²) in [7, 11) is 0. The summed E-state index contributed by atoms with van der Waals surface area (Å²) >= 11 is 0. The summed E-state index contributed by atoms with van der Waals surface area (Å²) in [4.78, 5) is 9.76. The number of hydrogen-bond acceptors (Lipinski definition) is 6. The molecule has 0 saturated carbocycles. The second-order valence-electron chi connectivity index (χ2n) is 6.95. The van der Waals surface area contributed by atoms with Gasteiger partial charge in [0, 0.05) is 25.4 Å². The molecular weight excluding hydrogens is 352 g/mol. The maximum atomic E-state index is 14.2. The third-order valence-corrected chi connectivity index (χ3v) is 4.75. The summed E-state index contributed by atoms with van der Waals surface area (Å²) in [5, 5.41) is 7.97. The molecule has 140 valence electrons. The summed E-state index contributed by atoms with van der Waals surface area (Å²) in [5.41, 5.74) is 3.65. The molecule has 0 bridgehead atoms. The maximum Gasteiger partial charge on any atom is 0.267 e. The average Bonchev–Trinajstić information content (AvgIpc) is 3.22. The number of benzene rings is 1. The van der Waals surface area contributed by atoms with E-state index in [1.165, 1.54) is 18.6 Å². The Hall–Kier alpha value is -2.74. The second kappa shape index (κ2) is 6.77. The molecule has 1 saturated heterocycles. The van der Waals surface area contributed by atoms with Crippen molar-refractivity contribution in [3.63, 3.8) is 0 Å². The molecule has 1 aromatic carbocycles. The van der Waals surface area contributed by atoms with Crippen molar-refractivity contribution in [3.05, 3.63) is 59.4 Å². The molecule has 1 aliphatic rings. The van der Waals surface area contributed by atoms with Crippen LogP contribution in [0, 0.1) is 13.8 Å². The zero-order chi connectivity index (χ0) is 19.0. The van der Waals surface area contributed by atoms with E-state index in [9.17, 15) is 8.78 Å². The fourth-order valence-electron chi connectivity index (χ4n) is 3.42. The highest BCUT2D eigenvalue weighted by Gasteiger charge is 2.47. The Balaban J connectivity index is 1.61. The van der Waals surface area contributed by atoms with Crippen molar-refractivity contribution in [2.75, 3.05) is 6.54 Å². The van der Waals surface area contributed by atoms with Crippen LogP contribution in [-0.4, -0.2) is 37.5 Å². The highest BCUT2D eigenvalue weighted by molar-refractivity contribution is 5.43. The Kier molecular flexibility index (Phi) is 4.43. The third kappa shape index (κ3) is 3.71. The Morgan fingerprint density at radius 2 is 2.07 bits per heavy atom. The van der Waals surface area contributed by atoms with E-state index in [1.807, 2.05) is 26.0 Å². The van der Waals surface area contributed by atoms with Crippen LogP contribution in [-0.2, 0) is 6.54 Å². The molecule has 8 heteroatoms. The molecule has 0 unspecified atom stereocenters. The van der Waals surface area contributed by atoms with Gasteiger partial charge in [-0.25, -0.2) is 13.8 Å². The van der Waals surface area contributed by atoms with Crippen LogP contribution >= 0.6 is 0 Å². The molecule has 2 aromatic heterocycles. The van der Waals surface area contributed by atoms with Crippen molar-refractivity contribution in [2.24, 2.45) is 0 Å². The highest BCUT2D eigenvalue weighted by Crippen LogP contribution is 2.42. The predicted octanol–water partition coefficient (Wildman–Crippen LogP) is 3.73. The lowest BCUT2D eigenvalue weighted by Gasteiger charge is -2.22. The van der Waals surface area contributed by atoms with Crippen molar-refractivity contribution in [1.82, 2.24) is 25.1 Å². The van der Waals surface area contributed by atoms with E-state index in [1.54, 1.807) is 4.90 Å². The zero-order valence-electron chi connectivity index (χ0n) is 15.1. The molecule has 0 N–H and O–H groups in total. The van der Waals surface area contributed by atoms with Crippen LogP contribution in [0.15, 0.2) is 41.2 Å². The van der Waals surface area contributed by atoms with E-state index in [-0.39, 0.29) is 24.7 Å². The third-order valence-electron chi connectivity index (χ3n) is 4.75. The summed E-state index contributed by atoms with van der Waals surface area (Å²) in [5.74, 6) is -2.44. The maximum absolute atomic E-state index is 14.2. The number of alkyl halides is 2. The molecular formula is C19H19F2N5O. The lowest BCUT2D eigenvalue weighted by Crippen LogP contribution is -2.26.